The van der Waals surface area contributed by atoms with Crippen molar-refractivity contribution in [2.75, 3.05) is 12.0 Å². The van der Waals surface area contributed by atoms with E-state index in [0.717, 1.165) is 11.4 Å². The molecule has 19 heavy (non-hydrogen) atoms. The summed E-state index contributed by atoms with van der Waals surface area (Å²) in [4.78, 5) is 0. The maximum Gasteiger partial charge on any atom is 0.0645 e. The van der Waals surface area contributed by atoms with Gasteiger partial charge >= 0.3 is 0 Å². The molecule has 102 valence electrons. The standard InChI is InChI=1S/C15H21N3S/c1-12(11-19-3)17-13(2)14-9-16-18(10-14)15-7-5-4-6-8-15/h4-10,12-13,17H,11H2,1-3H3. The summed E-state index contributed by atoms with van der Waals surface area (Å²) in [5.41, 5.74) is 2.31. The lowest BCUT2D eigenvalue weighted by Crippen LogP contribution is -2.30. The zero-order chi connectivity index (χ0) is 13.7. The van der Waals surface area contributed by atoms with E-state index < -0.39 is 0 Å². The molecule has 2 unspecified atom stereocenters. The Bertz CT molecular complexity index is 495. The first-order chi connectivity index (χ1) is 9.20. The van der Waals surface area contributed by atoms with Crippen LogP contribution in [0.15, 0.2) is 42.7 Å². The number of thioether (sulfide) groups is 1. The van der Waals surface area contributed by atoms with E-state index in [-0.39, 0.29) is 0 Å². The molecule has 2 rings (SSSR count). The predicted octanol–water partition coefficient (Wildman–Crippen LogP) is 3.27. The quantitative estimate of drug-likeness (QED) is 0.877. The Kier molecular flexibility index (Phi) is 5.05. The summed E-state index contributed by atoms with van der Waals surface area (Å²) in [5, 5.41) is 8.02. The second-order valence-electron chi connectivity index (χ2n) is 4.80. The minimum absolute atomic E-state index is 0.319. The van der Waals surface area contributed by atoms with Gasteiger partial charge in [0.05, 0.1) is 11.9 Å². The van der Waals surface area contributed by atoms with E-state index in [1.54, 1.807) is 0 Å². The van der Waals surface area contributed by atoms with E-state index in [1.165, 1.54) is 5.56 Å². The SMILES string of the molecule is CSCC(C)NC(C)c1cnn(-c2ccccc2)c1. The zero-order valence-corrected chi connectivity index (χ0v) is 12.5. The normalized spacial score (nSPS) is 14.3. The van der Waals surface area contributed by atoms with Crippen LogP contribution in [0.4, 0.5) is 0 Å². The van der Waals surface area contributed by atoms with E-state index in [2.05, 4.69) is 48.8 Å². The number of rotatable bonds is 6. The van der Waals surface area contributed by atoms with E-state index in [1.807, 2.05) is 40.8 Å². The molecule has 0 amide bonds. The van der Waals surface area contributed by atoms with Crippen LogP contribution >= 0.6 is 11.8 Å². The fraction of sp³-hybridized carbons (Fsp3) is 0.400. The lowest BCUT2D eigenvalue weighted by molar-refractivity contribution is 0.511. The summed E-state index contributed by atoms with van der Waals surface area (Å²) in [6.07, 6.45) is 6.17. The van der Waals surface area contributed by atoms with Crippen LogP contribution in [0.5, 0.6) is 0 Å². The molecule has 0 fully saturated rings. The van der Waals surface area contributed by atoms with Crippen molar-refractivity contribution in [1.29, 1.82) is 0 Å². The van der Waals surface area contributed by atoms with Gasteiger partial charge in [0.15, 0.2) is 0 Å². The topological polar surface area (TPSA) is 29.9 Å². The third kappa shape index (κ3) is 3.85. The van der Waals surface area contributed by atoms with Crippen LogP contribution in [-0.2, 0) is 0 Å². The fourth-order valence-electron chi connectivity index (χ4n) is 2.10. The molecule has 3 nitrogen and oxygen atoms in total. The van der Waals surface area contributed by atoms with E-state index in [0.29, 0.717) is 12.1 Å². The molecule has 0 spiro atoms. The van der Waals surface area contributed by atoms with Gasteiger partial charge in [-0.2, -0.15) is 16.9 Å². The summed E-state index contributed by atoms with van der Waals surface area (Å²) in [6, 6.07) is 11.0. The first-order valence-electron chi connectivity index (χ1n) is 6.55. The van der Waals surface area contributed by atoms with E-state index >= 15 is 0 Å². The molecular formula is C15H21N3S. The Morgan fingerprint density at radius 1 is 1.26 bits per heavy atom. The minimum atomic E-state index is 0.319. The van der Waals surface area contributed by atoms with Crippen LogP contribution in [0.1, 0.15) is 25.5 Å². The summed E-state index contributed by atoms with van der Waals surface area (Å²) in [7, 11) is 0. The molecule has 2 atom stereocenters. The third-order valence-electron chi connectivity index (χ3n) is 3.07. The molecule has 0 saturated heterocycles. The van der Waals surface area contributed by atoms with Crippen molar-refractivity contribution in [2.24, 2.45) is 0 Å². The van der Waals surface area contributed by atoms with Gasteiger partial charge in [0.1, 0.15) is 0 Å². The molecule has 0 aliphatic rings. The first-order valence-corrected chi connectivity index (χ1v) is 7.95. The van der Waals surface area contributed by atoms with Crippen LogP contribution in [-0.4, -0.2) is 27.8 Å². The number of hydrogen-bond acceptors (Lipinski definition) is 3. The number of nitrogens with zero attached hydrogens (tertiary/aromatic N) is 2. The Labute approximate surface area is 119 Å². The Balaban J connectivity index is 2.04. The van der Waals surface area contributed by atoms with Crippen molar-refractivity contribution in [2.45, 2.75) is 25.9 Å². The maximum absolute atomic E-state index is 4.43. The van der Waals surface area contributed by atoms with Gasteiger partial charge < -0.3 is 5.32 Å². The molecule has 1 heterocycles. The Morgan fingerprint density at radius 2 is 2.00 bits per heavy atom. The maximum atomic E-state index is 4.43. The van der Waals surface area contributed by atoms with Crippen molar-refractivity contribution >= 4 is 11.8 Å². The highest BCUT2D eigenvalue weighted by molar-refractivity contribution is 7.98. The second kappa shape index (κ2) is 6.78. The van der Waals surface area contributed by atoms with Gasteiger partial charge in [-0.15, -0.1) is 0 Å². The van der Waals surface area contributed by atoms with Crippen LogP contribution < -0.4 is 5.32 Å². The van der Waals surface area contributed by atoms with Gasteiger partial charge in [0.25, 0.3) is 0 Å². The second-order valence-corrected chi connectivity index (χ2v) is 5.71. The molecule has 4 heteroatoms. The molecule has 1 aromatic carbocycles. The number of benzene rings is 1. The molecule has 0 aliphatic carbocycles. The van der Waals surface area contributed by atoms with Gasteiger partial charge in [-0.25, -0.2) is 4.68 Å². The van der Waals surface area contributed by atoms with Crippen LogP contribution in [0.3, 0.4) is 0 Å². The molecule has 1 aromatic heterocycles. The van der Waals surface area contributed by atoms with Crippen LogP contribution in [0, 0.1) is 0 Å². The number of para-hydroxylation sites is 1. The highest BCUT2D eigenvalue weighted by Crippen LogP contribution is 2.15. The molecule has 0 saturated carbocycles. The molecule has 0 bridgehead atoms. The monoisotopic (exact) mass is 275 g/mol. The number of hydrogen-bond donors (Lipinski definition) is 1. The van der Waals surface area contributed by atoms with Gasteiger partial charge in [-0.05, 0) is 32.2 Å². The number of nitrogens with one attached hydrogen (secondary N) is 1. The van der Waals surface area contributed by atoms with Crippen molar-refractivity contribution in [3.63, 3.8) is 0 Å². The average Bonchev–Trinajstić information content (AvgIpc) is 2.89. The summed E-state index contributed by atoms with van der Waals surface area (Å²) < 4.78 is 1.92. The summed E-state index contributed by atoms with van der Waals surface area (Å²) in [6.45, 7) is 4.40. The van der Waals surface area contributed by atoms with Crippen LogP contribution in [0.2, 0.25) is 0 Å². The summed E-state index contributed by atoms with van der Waals surface area (Å²) in [5.74, 6) is 1.12. The molecule has 2 aromatic rings. The van der Waals surface area contributed by atoms with Gasteiger partial charge in [0, 0.05) is 29.6 Å². The molecule has 0 radical (unpaired) electrons. The third-order valence-corrected chi connectivity index (χ3v) is 3.91. The molecule has 1 N–H and O–H groups in total. The van der Waals surface area contributed by atoms with Crippen molar-refractivity contribution in [3.05, 3.63) is 48.3 Å². The minimum Gasteiger partial charge on any atom is -0.307 e. The van der Waals surface area contributed by atoms with E-state index in [9.17, 15) is 0 Å². The average molecular weight is 275 g/mol. The van der Waals surface area contributed by atoms with E-state index in [4.69, 9.17) is 0 Å². The molecular weight excluding hydrogens is 254 g/mol. The smallest absolute Gasteiger partial charge is 0.0645 e. The van der Waals surface area contributed by atoms with Crippen molar-refractivity contribution in [3.8, 4) is 5.69 Å². The largest absolute Gasteiger partial charge is 0.307 e. The first kappa shape index (κ1) is 14.2. The highest BCUT2D eigenvalue weighted by Gasteiger charge is 2.11. The van der Waals surface area contributed by atoms with Crippen LogP contribution in [0.25, 0.3) is 5.69 Å². The van der Waals surface area contributed by atoms with Gasteiger partial charge in [-0.3, -0.25) is 0 Å². The highest BCUT2D eigenvalue weighted by atomic mass is 32.2. The van der Waals surface area contributed by atoms with Crippen molar-refractivity contribution in [1.82, 2.24) is 15.1 Å². The zero-order valence-electron chi connectivity index (χ0n) is 11.7. The lowest BCUT2D eigenvalue weighted by atomic mass is 10.2. The Hall–Kier alpha value is -1.26. The van der Waals surface area contributed by atoms with Gasteiger partial charge in [0.2, 0.25) is 0 Å². The predicted molar refractivity (Wildman–Crippen MR) is 83.0 cm³/mol. The van der Waals surface area contributed by atoms with Crippen molar-refractivity contribution < 1.29 is 0 Å². The fourth-order valence-corrected chi connectivity index (χ4v) is 2.70. The number of aromatic nitrogens is 2. The van der Waals surface area contributed by atoms with Gasteiger partial charge in [-0.1, -0.05) is 18.2 Å². The summed E-state index contributed by atoms with van der Waals surface area (Å²) >= 11 is 1.87. The Morgan fingerprint density at radius 3 is 2.68 bits per heavy atom. The lowest BCUT2D eigenvalue weighted by Gasteiger charge is -2.18. The molecule has 0 aliphatic heterocycles.